The number of carbonyl (C=O) groups excluding carboxylic acids is 2. The molecular weight excluding hydrogens is 347 g/mol. The zero-order valence-corrected chi connectivity index (χ0v) is 14.9. The lowest BCUT2D eigenvalue weighted by molar-refractivity contribution is -0.140. The number of carbonyl (C=O) groups is 2. The van der Waals surface area contributed by atoms with Gasteiger partial charge in [0.25, 0.3) is 0 Å². The first kappa shape index (κ1) is 20.2. The van der Waals surface area contributed by atoms with Crippen LogP contribution in [0.3, 0.4) is 0 Å². The number of nitrogens with zero attached hydrogens (tertiary/aromatic N) is 1. The molecule has 1 heterocycles. The van der Waals surface area contributed by atoms with E-state index in [4.69, 9.17) is 5.73 Å². The standard InChI is InChI=1S/C18H24F3N3O2/c1-3-16-18(26)23-8-10(2)9-24(16)17(25)6-12(22)4-11-5-14(20)15(21)7-13(11)19/h5,7,10,12,16H,3-4,6,8-9,22H2,1-2H3,(H,23,26)/t10-,12-,16-/m1/s1. The van der Waals surface area contributed by atoms with Crippen LogP contribution in [-0.2, 0) is 16.0 Å². The maximum Gasteiger partial charge on any atom is 0.242 e. The molecule has 1 aliphatic rings. The Bertz CT molecular complexity index is 684. The van der Waals surface area contributed by atoms with E-state index in [0.717, 1.165) is 6.07 Å². The summed E-state index contributed by atoms with van der Waals surface area (Å²) in [6.07, 6.45) is 0.243. The van der Waals surface area contributed by atoms with Gasteiger partial charge in [0, 0.05) is 31.6 Å². The van der Waals surface area contributed by atoms with Crippen LogP contribution in [0, 0.1) is 23.4 Å². The minimum absolute atomic E-state index is 0.0850. The van der Waals surface area contributed by atoms with E-state index >= 15 is 0 Å². The largest absolute Gasteiger partial charge is 0.354 e. The van der Waals surface area contributed by atoms with Gasteiger partial charge in [-0.3, -0.25) is 9.59 Å². The van der Waals surface area contributed by atoms with Crippen LogP contribution in [0.15, 0.2) is 12.1 Å². The molecule has 1 aromatic carbocycles. The van der Waals surface area contributed by atoms with E-state index in [1.54, 1.807) is 0 Å². The first-order valence-electron chi connectivity index (χ1n) is 8.69. The normalized spacial score (nSPS) is 21.9. The monoisotopic (exact) mass is 371 g/mol. The van der Waals surface area contributed by atoms with Gasteiger partial charge in [0.1, 0.15) is 11.9 Å². The molecule has 144 valence electrons. The average molecular weight is 371 g/mol. The van der Waals surface area contributed by atoms with Gasteiger partial charge in [-0.1, -0.05) is 13.8 Å². The van der Waals surface area contributed by atoms with Crippen LogP contribution in [-0.4, -0.2) is 41.9 Å². The zero-order valence-electron chi connectivity index (χ0n) is 14.9. The van der Waals surface area contributed by atoms with Crippen LogP contribution in [0.5, 0.6) is 0 Å². The van der Waals surface area contributed by atoms with Gasteiger partial charge >= 0.3 is 0 Å². The fourth-order valence-corrected chi connectivity index (χ4v) is 3.16. The highest BCUT2D eigenvalue weighted by Gasteiger charge is 2.32. The number of benzene rings is 1. The van der Waals surface area contributed by atoms with Crippen LogP contribution in [0.4, 0.5) is 13.2 Å². The van der Waals surface area contributed by atoms with E-state index in [0.29, 0.717) is 25.6 Å². The molecule has 26 heavy (non-hydrogen) atoms. The number of rotatable bonds is 5. The van der Waals surface area contributed by atoms with Crippen LogP contribution in [0.2, 0.25) is 0 Å². The molecule has 0 saturated carbocycles. The third-order valence-corrected chi connectivity index (χ3v) is 4.53. The third-order valence-electron chi connectivity index (χ3n) is 4.53. The van der Waals surface area contributed by atoms with E-state index in [2.05, 4.69) is 5.32 Å². The predicted molar refractivity (Wildman–Crippen MR) is 90.6 cm³/mol. The molecule has 5 nitrogen and oxygen atoms in total. The van der Waals surface area contributed by atoms with Crippen molar-refractivity contribution < 1.29 is 22.8 Å². The van der Waals surface area contributed by atoms with Gasteiger partial charge in [-0.2, -0.15) is 0 Å². The van der Waals surface area contributed by atoms with Crippen molar-refractivity contribution in [3.05, 3.63) is 35.1 Å². The molecule has 1 aliphatic heterocycles. The van der Waals surface area contributed by atoms with Crippen LogP contribution >= 0.6 is 0 Å². The fraction of sp³-hybridized carbons (Fsp3) is 0.556. The van der Waals surface area contributed by atoms with Crippen LogP contribution < -0.4 is 11.1 Å². The van der Waals surface area contributed by atoms with Crippen LogP contribution in [0.25, 0.3) is 0 Å². The van der Waals surface area contributed by atoms with Gasteiger partial charge < -0.3 is 16.0 Å². The summed E-state index contributed by atoms with van der Waals surface area (Å²) < 4.78 is 40.0. The van der Waals surface area contributed by atoms with Crippen molar-refractivity contribution in [1.29, 1.82) is 0 Å². The molecule has 0 bridgehead atoms. The maximum absolute atomic E-state index is 13.7. The summed E-state index contributed by atoms with van der Waals surface area (Å²) >= 11 is 0. The van der Waals surface area contributed by atoms with Crippen molar-refractivity contribution in [2.45, 2.75) is 45.2 Å². The molecule has 0 spiro atoms. The molecule has 3 atom stereocenters. The van der Waals surface area contributed by atoms with Gasteiger partial charge in [-0.25, -0.2) is 13.2 Å². The molecule has 1 aromatic rings. The Kier molecular flexibility index (Phi) is 6.63. The highest BCUT2D eigenvalue weighted by molar-refractivity contribution is 5.88. The zero-order chi connectivity index (χ0) is 19.4. The number of nitrogens with two attached hydrogens (primary N) is 1. The number of hydrogen-bond donors (Lipinski definition) is 2. The third kappa shape index (κ3) is 4.75. The minimum Gasteiger partial charge on any atom is -0.354 e. The van der Waals surface area contributed by atoms with Crippen molar-refractivity contribution in [3.8, 4) is 0 Å². The van der Waals surface area contributed by atoms with Crippen LogP contribution in [0.1, 0.15) is 32.3 Å². The van der Waals surface area contributed by atoms with Crippen molar-refractivity contribution in [1.82, 2.24) is 10.2 Å². The number of halogens is 3. The molecule has 1 saturated heterocycles. The Hall–Kier alpha value is -2.09. The van der Waals surface area contributed by atoms with E-state index < -0.39 is 29.5 Å². The van der Waals surface area contributed by atoms with Gasteiger partial charge in [0.05, 0.1) is 0 Å². The van der Waals surface area contributed by atoms with Gasteiger partial charge in [-0.15, -0.1) is 0 Å². The molecule has 2 rings (SSSR count). The Morgan fingerprint density at radius 2 is 1.96 bits per heavy atom. The van der Waals surface area contributed by atoms with Gasteiger partial charge in [-0.05, 0) is 30.4 Å². The van der Waals surface area contributed by atoms with E-state index in [1.165, 1.54) is 4.90 Å². The van der Waals surface area contributed by atoms with Crippen molar-refractivity contribution >= 4 is 11.8 Å². The van der Waals surface area contributed by atoms with Crippen molar-refractivity contribution in [2.75, 3.05) is 13.1 Å². The number of hydrogen-bond acceptors (Lipinski definition) is 3. The molecule has 0 aliphatic carbocycles. The lowest BCUT2D eigenvalue weighted by Gasteiger charge is -2.29. The summed E-state index contributed by atoms with van der Waals surface area (Å²) in [6.45, 7) is 4.65. The fourth-order valence-electron chi connectivity index (χ4n) is 3.16. The lowest BCUT2D eigenvalue weighted by atomic mass is 10.0. The molecule has 0 radical (unpaired) electrons. The van der Waals surface area contributed by atoms with E-state index in [-0.39, 0.29) is 36.1 Å². The quantitative estimate of drug-likeness (QED) is 0.774. The number of nitrogens with one attached hydrogen (secondary N) is 1. The molecular formula is C18H24F3N3O2. The molecule has 8 heteroatoms. The van der Waals surface area contributed by atoms with Gasteiger partial charge in [0.15, 0.2) is 11.6 Å². The summed E-state index contributed by atoms with van der Waals surface area (Å²) in [6, 6.07) is -0.126. The number of amides is 2. The van der Waals surface area contributed by atoms with Gasteiger partial charge in [0.2, 0.25) is 11.8 Å². The topological polar surface area (TPSA) is 75.4 Å². The first-order chi connectivity index (χ1) is 12.2. The summed E-state index contributed by atoms with van der Waals surface area (Å²) in [5, 5.41) is 2.80. The highest BCUT2D eigenvalue weighted by Crippen LogP contribution is 2.18. The van der Waals surface area contributed by atoms with E-state index in [1.807, 2.05) is 13.8 Å². The minimum atomic E-state index is -1.27. The Balaban J connectivity index is 2.07. The van der Waals surface area contributed by atoms with Crippen molar-refractivity contribution in [2.24, 2.45) is 11.7 Å². The summed E-state index contributed by atoms with van der Waals surface area (Å²) in [5.41, 5.74) is 5.85. The molecule has 1 fully saturated rings. The second-order valence-electron chi connectivity index (χ2n) is 6.85. The Labute approximate surface area is 150 Å². The summed E-state index contributed by atoms with van der Waals surface area (Å²) in [7, 11) is 0. The van der Waals surface area contributed by atoms with E-state index in [9.17, 15) is 22.8 Å². The molecule has 2 amide bonds. The lowest BCUT2D eigenvalue weighted by Crippen LogP contribution is -2.48. The Morgan fingerprint density at radius 3 is 2.62 bits per heavy atom. The first-order valence-corrected chi connectivity index (χ1v) is 8.69. The highest BCUT2D eigenvalue weighted by atomic mass is 19.2. The molecule has 0 unspecified atom stereocenters. The smallest absolute Gasteiger partial charge is 0.242 e. The second-order valence-corrected chi connectivity index (χ2v) is 6.85. The SMILES string of the molecule is CC[C@@H]1C(=O)NC[C@@H](C)CN1C(=O)C[C@H](N)Cc1cc(F)c(F)cc1F. The summed E-state index contributed by atoms with van der Waals surface area (Å²) in [5.74, 6) is -3.75. The van der Waals surface area contributed by atoms with Crippen molar-refractivity contribution in [3.63, 3.8) is 0 Å². The predicted octanol–water partition coefficient (Wildman–Crippen LogP) is 1.74. The molecule has 0 aromatic heterocycles. The molecule has 3 N–H and O–H groups in total. The summed E-state index contributed by atoms with van der Waals surface area (Å²) in [4.78, 5) is 26.3. The second kappa shape index (κ2) is 8.53. The maximum atomic E-state index is 13.7. The average Bonchev–Trinajstić information content (AvgIpc) is 2.71. The Morgan fingerprint density at radius 1 is 1.31 bits per heavy atom.